The Hall–Kier alpha value is -3.59. The summed E-state index contributed by atoms with van der Waals surface area (Å²) in [5.41, 5.74) is 1.64. The Labute approximate surface area is 271 Å². The van der Waals surface area contributed by atoms with Gasteiger partial charge in [-0.1, -0.05) is 30.0 Å². The Morgan fingerprint density at radius 3 is 2.52 bits per heavy atom. The van der Waals surface area contributed by atoms with Gasteiger partial charge in [-0.15, -0.1) is 0 Å². The van der Waals surface area contributed by atoms with E-state index in [1.165, 1.54) is 22.9 Å². The zero-order valence-corrected chi connectivity index (χ0v) is 26.9. The second kappa shape index (κ2) is 13.3. The van der Waals surface area contributed by atoms with Gasteiger partial charge in [-0.3, -0.25) is 9.69 Å². The third-order valence-corrected chi connectivity index (χ3v) is 10.9. The zero-order chi connectivity index (χ0) is 31.8. The van der Waals surface area contributed by atoms with Gasteiger partial charge in [-0.05, 0) is 31.4 Å². The van der Waals surface area contributed by atoms with Gasteiger partial charge in [0.1, 0.15) is 18.1 Å². The Morgan fingerprint density at radius 1 is 1.07 bits per heavy atom. The lowest BCUT2D eigenvalue weighted by molar-refractivity contribution is -0.141. The van der Waals surface area contributed by atoms with Crippen molar-refractivity contribution in [2.75, 3.05) is 66.3 Å². The summed E-state index contributed by atoms with van der Waals surface area (Å²) in [5.74, 6) is 0.225. The molecular weight excluding hydrogens is 614 g/mol. The number of nitrogens with zero attached hydrogens (tertiary/aromatic N) is 5. The van der Waals surface area contributed by atoms with Crippen LogP contribution in [0.2, 0.25) is 0 Å². The van der Waals surface area contributed by atoms with Crippen molar-refractivity contribution in [2.24, 2.45) is 5.92 Å². The molecule has 5 aliphatic rings. The van der Waals surface area contributed by atoms with Crippen molar-refractivity contribution in [2.45, 2.75) is 43.4 Å². The van der Waals surface area contributed by atoms with Crippen molar-refractivity contribution in [3.8, 4) is 5.75 Å². The summed E-state index contributed by atoms with van der Waals surface area (Å²) in [6.45, 7) is 5.97. The smallest absolute Gasteiger partial charge is 0.328 e. The van der Waals surface area contributed by atoms with E-state index in [1.54, 1.807) is 28.0 Å². The predicted octanol–water partition coefficient (Wildman–Crippen LogP) is 3.44. The number of imide groups is 1. The van der Waals surface area contributed by atoms with Crippen LogP contribution in [-0.4, -0.2) is 126 Å². The van der Waals surface area contributed by atoms with E-state index < -0.39 is 23.4 Å². The van der Waals surface area contributed by atoms with E-state index in [1.807, 2.05) is 31.2 Å². The molecule has 5 aliphatic heterocycles. The van der Waals surface area contributed by atoms with Gasteiger partial charge in [-0.25, -0.2) is 14.6 Å². The number of thioether (sulfide) groups is 1. The average Bonchev–Trinajstić information content (AvgIpc) is 3.72. The summed E-state index contributed by atoms with van der Waals surface area (Å²) in [5, 5.41) is -0.514. The number of likely N-dealkylation sites (tertiary alicyclic amines) is 1. The van der Waals surface area contributed by atoms with Crippen molar-refractivity contribution in [3.05, 3.63) is 53.8 Å². The Kier molecular flexibility index (Phi) is 8.95. The van der Waals surface area contributed by atoms with Crippen LogP contribution in [0.15, 0.2) is 46.7 Å². The van der Waals surface area contributed by atoms with Crippen LogP contribution in [0.1, 0.15) is 37.3 Å². The summed E-state index contributed by atoms with van der Waals surface area (Å²) in [4.78, 5) is 53.6. The molecule has 7 rings (SSSR count). The normalized spacial score (nSPS) is 25.2. The zero-order valence-electron chi connectivity index (χ0n) is 26.0. The molecule has 0 spiro atoms. The number of benzene rings is 1. The molecule has 3 atom stereocenters. The van der Waals surface area contributed by atoms with Crippen molar-refractivity contribution >= 4 is 34.6 Å². The molecule has 0 bridgehead atoms. The molecule has 1 aromatic heterocycles. The van der Waals surface area contributed by atoms with E-state index in [-0.39, 0.29) is 43.7 Å². The summed E-state index contributed by atoms with van der Waals surface area (Å²) in [6.07, 6.45) is 3.99. The number of hydrogen-bond donors (Lipinski definition) is 0. The fourth-order valence-electron chi connectivity index (χ4n) is 6.85. The number of urea groups is 2. The number of rotatable bonds is 8. The number of carbonyl (C=O) groups is 3. The molecule has 0 saturated carbocycles. The standard InChI is InChI=1S/C32H39N5O8S/c1-20-26-29(38)37(21-17-35(18-21)31(39)34-10-15-43-16-11-34)32(40)36(30(26)46-27(20)28-33-9-14-44-28)19-25(45-22-7-12-42-13-8-22)23-5-3-4-6-24(23)41-2/h3-6,9,14,21-22,25-26,30H,7-8,10-13,15-19H2,1-2H3. The molecule has 4 saturated heterocycles. The molecule has 4 fully saturated rings. The topological polar surface area (TPSA) is 127 Å². The minimum absolute atomic E-state index is 0.0533. The minimum Gasteiger partial charge on any atom is -0.496 e. The first-order chi connectivity index (χ1) is 22.4. The molecule has 5 amide bonds. The lowest BCUT2D eigenvalue weighted by Gasteiger charge is -2.51. The minimum atomic E-state index is -0.602. The Balaban J connectivity index is 1.19. The largest absolute Gasteiger partial charge is 0.496 e. The van der Waals surface area contributed by atoms with Crippen LogP contribution in [0.4, 0.5) is 9.59 Å². The maximum absolute atomic E-state index is 14.5. The molecule has 2 aromatic rings. The summed E-state index contributed by atoms with van der Waals surface area (Å²) in [7, 11) is 1.62. The van der Waals surface area contributed by atoms with Crippen molar-refractivity contribution in [3.63, 3.8) is 0 Å². The molecule has 46 heavy (non-hydrogen) atoms. The Morgan fingerprint density at radius 2 is 1.80 bits per heavy atom. The number of hydrogen-bond acceptors (Lipinski definition) is 10. The monoisotopic (exact) mass is 653 g/mol. The highest BCUT2D eigenvalue weighted by atomic mass is 32.2. The molecule has 6 heterocycles. The van der Waals surface area contributed by atoms with Crippen LogP contribution in [0, 0.1) is 5.92 Å². The molecule has 3 unspecified atom stereocenters. The van der Waals surface area contributed by atoms with E-state index in [9.17, 15) is 14.4 Å². The van der Waals surface area contributed by atoms with Gasteiger partial charge < -0.3 is 38.1 Å². The number of carbonyl (C=O) groups excluding carboxylic acids is 3. The van der Waals surface area contributed by atoms with E-state index in [0.717, 1.165) is 28.9 Å². The fraction of sp³-hybridized carbons (Fsp3) is 0.562. The number of amides is 5. The molecule has 246 valence electrons. The van der Waals surface area contributed by atoms with Gasteiger partial charge in [0.05, 0.1) is 61.4 Å². The van der Waals surface area contributed by atoms with Crippen molar-refractivity contribution < 1.29 is 37.7 Å². The first-order valence-corrected chi connectivity index (χ1v) is 16.7. The van der Waals surface area contributed by atoms with Gasteiger partial charge >= 0.3 is 12.1 Å². The SMILES string of the molecule is COc1ccccc1C(CN1C(=O)N(C2CN(C(=O)N3CCOCC3)C2)C(=O)C2C(C)=C(c3ncco3)SC21)OC1CCOCC1. The number of methoxy groups -OCH3 is 1. The molecule has 0 aliphatic carbocycles. The first-order valence-electron chi connectivity index (χ1n) is 15.8. The summed E-state index contributed by atoms with van der Waals surface area (Å²) in [6, 6.07) is 6.77. The number of aromatic nitrogens is 1. The number of fused-ring (bicyclic) bond motifs is 1. The third-order valence-electron chi connectivity index (χ3n) is 9.39. The predicted molar refractivity (Wildman–Crippen MR) is 167 cm³/mol. The summed E-state index contributed by atoms with van der Waals surface area (Å²) < 4.78 is 29.1. The van der Waals surface area contributed by atoms with Crippen LogP contribution in [0.25, 0.3) is 4.91 Å². The van der Waals surface area contributed by atoms with E-state index in [2.05, 4.69) is 4.98 Å². The second-order valence-corrected chi connectivity index (χ2v) is 13.2. The molecule has 1 aromatic carbocycles. The van der Waals surface area contributed by atoms with Gasteiger partial charge in [0.2, 0.25) is 11.8 Å². The van der Waals surface area contributed by atoms with E-state index in [0.29, 0.717) is 51.2 Å². The van der Waals surface area contributed by atoms with Crippen LogP contribution in [-0.2, 0) is 19.0 Å². The van der Waals surface area contributed by atoms with Gasteiger partial charge in [-0.2, -0.15) is 0 Å². The lowest BCUT2D eigenvalue weighted by atomic mass is 9.93. The van der Waals surface area contributed by atoms with Crippen LogP contribution in [0.3, 0.4) is 0 Å². The van der Waals surface area contributed by atoms with Crippen LogP contribution < -0.4 is 4.74 Å². The Bertz CT molecular complexity index is 1470. The lowest BCUT2D eigenvalue weighted by Crippen LogP contribution is -2.71. The summed E-state index contributed by atoms with van der Waals surface area (Å²) >= 11 is 1.42. The highest BCUT2D eigenvalue weighted by Crippen LogP contribution is 2.52. The highest BCUT2D eigenvalue weighted by molar-refractivity contribution is 8.09. The highest BCUT2D eigenvalue weighted by Gasteiger charge is 2.56. The number of morpholine rings is 1. The van der Waals surface area contributed by atoms with Crippen LogP contribution in [0.5, 0.6) is 5.75 Å². The maximum atomic E-state index is 14.5. The maximum Gasteiger partial charge on any atom is 0.328 e. The van der Waals surface area contributed by atoms with Crippen molar-refractivity contribution in [1.82, 2.24) is 24.6 Å². The first kappa shape index (κ1) is 31.0. The number of ether oxygens (including phenoxy) is 4. The quantitative estimate of drug-likeness (QED) is 0.418. The van der Waals surface area contributed by atoms with E-state index in [4.69, 9.17) is 23.4 Å². The fourth-order valence-corrected chi connectivity index (χ4v) is 8.37. The van der Waals surface area contributed by atoms with Gasteiger partial charge in [0.25, 0.3) is 0 Å². The molecule has 13 nitrogen and oxygen atoms in total. The molecule has 14 heteroatoms. The van der Waals surface area contributed by atoms with Gasteiger partial charge in [0, 0.05) is 45.0 Å². The van der Waals surface area contributed by atoms with Gasteiger partial charge in [0.15, 0.2) is 0 Å². The second-order valence-electron chi connectivity index (χ2n) is 12.1. The van der Waals surface area contributed by atoms with Crippen LogP contribution >= 0.6 is 11.8 Å². The average molecular weight is 654 g/mol. The molecular formula is C32H39N5O8S. The molecule has 0 N–H and O–H groups in total. The van der Waals surface area contributed by atoms with E-state index >= 15 is 0 Å². The molecule has 0 radical (unpaired) electrons. The number of oxazole rings is 1. The third kappa shape index (κ3) is 5.76. The van der Waals surface area contributed by atoms with Crippen molar-refractivity contribution in [1.29, 1.82) is 0 Å². The number of para-hydroxylation sites is 1.